The van der Waals surface area contributed by atoms with E-state index in [0.717, 1.165) is 11.4 Å². The maximum Gasteiger partial charge on any atom is 0.324 e. The predicted octanol–water partition coefficient (Wildman–Crippen LogP) is 1.86. The molecular weight excluding hydrogens is 214 g/mol. The summed E-state index contributed by atoms with van der Waals surface area (Å²) in [5, 5.41) is 8.72. The van der Waals surface area contributed by atoms with Crippen LogP contribution in [0.4, 0.5) is 5.69 Å². The number of carboxylic acids is 1. The zero-order valence-electron chi connectivity index (χ0n) is 8.64. The minimum atomic E-state index is -0.854. The topological polar surface area (TPSA) is 49.8 Å². The molecule has 0 unspecified atom stereocenters. The number of anilines is 1. The summed E-state index contributed by atoms with van der Waals surface area (Å²) < 4.78 is 6.76. The maximum absolute atomic E-state index is 10.6. The third kappa shape index (κ3) is 3.36. The first-order valence-corrected chi connectivity index (χ1v) is 5.53. The van der Waals surface area contributed by atoms with Gasteiger partial charge in [-0.1, -0.05) is 18.0 Å². The van der Waals surface area contributed by atoms with Crippen LogP contribution in [0.3, 0.4) is 0 Å². The molecule has 0 radical (unpaired) electrons. The van der Waals surface area contributed by atoms with Gasteiger partial charge in [-0.3, -0.25) is 4.79 Å². The Morgan fingerprint density at radius 3 is 2.87 bits per heavy atom. The molecule has 0 saturated heterocycles. The highest BCUT2D eigenvalue weighted by atomic mass is 32.2. The van der Waals surface area contributed by atoms with Crippen molar-refractivity contribution in [1.82, 2.24) is 0 Å². The van der Waals surface area contributed by atoms with Crippen LogP contribution < -0.4 is 9.04 Å². The lowest BCUT2D eigenvalue weighted by Gasteiger charge is -2.19. The zero-order valence-corrected chi connectivity index (χ0v) is 9.45. The molecule has 5 heteroatoms. The third-order valence-electron chi connectivity index (χ3n) is 1.84. The van der Waals surface area contributed by atoms with Gasteiger partial charge in [-0.25, -0.2) is 0 Å². The van der Waals surface area contributed by atoms with E-state index in [1.165, 1.54) is 11.9 Å². The number of benzene rings is 1. The van der Waals surface area contributed by atoms with Gasteiger partial charge in [0, 0.05) is 12.3 Å². The standard InChI is InChI=1S/C10H13NO3S/c1-14-9-5-3-4-8(6-9)11(15-2)7-10(12)13/h3-6H,7H2,1-2H3,(H,12,13). The molecular formula is C10H13NO3S. The first-order valence-electron chi connectivity index (χ1n) is 4.35. The third-order valence-corrected chi connectivity index (χ3v) is 2.62. The van der Waals surface area contributed by atoms with Crippen LogP contribution in [0.25, 0.3) is 0 Å². The van der Waals surface area contributed by atoms with Crippen molar-refractivity contribution in [2.45, 2.75) is 0 Å². The highest BCUT2D eigenvalue weighted by Gasteiger charge is 2.09. The Bertz CT molecular complexity index is 343. The summed E-state index contributed by atoms with van der Waals surface area (Å²) in [4.78, 5) is 10.6. The normalized spacial score (nSPS) is 9.73. The van der Waals surface area contributed by atoms with Gasteiger partial charge in [0.05, 0.1) is 12.8 Å². The van der Waals surface area contributed by atoms with Crippen molar-refractivity contribution in [3.05, 3.63) is 24.3 Å². The van der Waals surface area contributed by atoms with Crippen LogP contribution in [0.2, 0.25) is 0 Å². The first kappa shape index (κ1) is 11.7. The van der Waals surface area contributed by atoms with Crippen LogP contribution in [0.5, 0.6) is 5.75 Å². The van der Waals surface area contributed by atoms with Gasteiger partial charge >= 0.3 is 5.97 Å². The minimum absolute atomic E-state index is 0.0334. The molecule has 1 aromatic carbocycles. The highest BCUT2D eigenvalue weighted by Crippen LogP contribution is 2.24. The minimum Gasteiger partial charge on any atom is -0.497 e. The molecule has 15 heavy (non-hydrogen) atoms. The van der Waals surface area contributed by atoms with Gasteiger partial charge in [-0.15, -0.1) is 0 Å². The molecule has 82 valence electrons. The van der Waals surface area contributed by atoms with E-state index >= 15 is 0 Å². The van der Waals surface area contributed by atoms with E-state index in [-0.39, 0.29) is 6.54 Å². The molecule has 0 bridgehead atoms. The molecule has 1 rings (SSSR count). The van der Waals surface area contributed by atoms with E-state index in [4.69, 9.17) is 9.84 Å². The number of hydrogen-bond acceptors (Lipinski definition) is 4. The molecule has 0 aliphatic carbocycles. The number of ether oxygens (including phenoxy) is 1. The van der Waals surface area contributed by atoms with Gasteiger partial charge in [0.1, 0.15) is 12.3 Å². The average molecular weight is 227 g/mol. The summed E-state index contributed by atoms with van der Waals surface area (Å²) in [6, 6.07) is 7.31. The number of methoxy groups -OCH3 is 1. The Morgan fingerprint density at radius 2 is 2.33 bits per heavy atom. The van der Waals surface area contributed by atoms with Crippen molar-refractivity contribution in [3.8, 4) is 5.75 Å². The second-order valence-corrected chi connectivity index (χ2v) is 3.62. The van der Waals surface area contributed by atoms with Gasteiger partial charge in [-0.2, -0.15) is 0 Å². The molecule has 1 aromatic rings. The van der Waals surface area contributed by atoms with E-state index in [1.807, 2.05) is 24.5 Å². The number of nitrogens with zero attached hydrogens (tertiary/aromatic N) is 1. The average Bonchev–Trinajstić information content (AvgIpc) is 2.25. The Kier molecular flexibility index (Phi) is 4.30. The monoisotopic (exact) mass is 227 g/mol. The molecule has 0 atom stereocenters. The quantitative estimate of drug-likeness (QED) is 0.778. The molecule has 0 spiro atoms. The van der Waals surface area contributed by atoms with Gasteiger partial charge in [0.25, 0.3) is 0 Å². The summed E-state index contributed by atoms with van der Waals surface area (Å²) >= 11 is 1.37. The van der Waals surface area contributed by atoms with E-state index in [2.05, 4.69) is 0 Å². The molecule has 0 amide bonds. The van der Waals surface area contributed by atoms with Crippen LogP contribution >= 0.6 is 11.9 Å². The molecule has 4 nitrogen and oxygen atoms in total. The summed E-state index contributed by atoms with van der Waals surface area (Å²) in [5.41, 5.74) is 0.823. The Labute approximate surface area is 93.0 Å². The number of rotatable bonds is 5. The van der Waals surface area contributed by atoms with Crippen molar-refractivity contribution >= 4 is 23.6 Å². The lowest BCUT2D eigenvalue weighted by atomic mass is 10.3. The SMILES string of the molecule is COc1cccc(N(CC(=O)O)SC)c1. The zero-order chi connectivity index (χ0) is 11.3. The maximum atomic E-state index is 10.6. The van der Waals surface area contributed by atoms with Crippen LogP contribution in [-0.2, 0) is 4.79 Å². The summed E-state index contributed by atoms with van der Waals surface area (Å²) in [5.74, 6) is -0.135. The Hall–Kier alpha value is -1.36. The molecule has 0 aromatic heterocycles. The van der Waals surface area contributed by atoms with E-state index in [1.54, 1.807) is 17.5 Å². The second kappa shape index (κ2) is 5.50. The van der Waals surface area contributed by atoms with Gasteiger partial charge in [0.2, 0.25) is 0 Å². The predicted molar refractivity (Wildman–Crippen MR) is 61.5 cm³/mol. The van der Waals surface area contributed by atoms with E-state index in [0.29, 0.717) is 0 Å². The summed E-state index contributed by atoms with van der Waals surface area (Å²) in [7, 11) is 1.58. The van der Waals surface area contributed by atoms with Crippen LogP contribution in [0, 0.1) is 0 Å². The fourth-order valence-corrected chi connectivity index (χ4v) is 1.71. The summed E-state index contributed by atoms with van der Waals surface area (Å²) in [6.45, 7) is -0.0334. The molecule has 0 saturated carbocycles. The van der Waals surface area contributed by atoms with Crippen LogP contribution in [0.15, 0.2) is 24.3 Å². The number of aliphatic carboxylic acids is 1. The van der Waals surface area contributed by atoms with Crippen molar-refractivity contribution in [3.63, 3.8) is 0 Å². The largest absolute Gasteiger partial charge is 0.497 e. The van der Waals surface area contributed by atoms with Crippen molar-refractivity contribution in [2.75, 3.05) is 24.2 Å². The van der Waals surface area contributed by atoms with Crippen molar-refractivity contribution in [2.24, 2.45) is 0 Å². The molecule has 0 fully saturated rings. The van der Waals surface area contributed by atoms with Crippen LogP contribution in [0.1, 0.15) is 0 Å². The second-order valence-electron chi connectivity index (χ2n) is 2.81. The fourth-order valence-electron chi connectivity index (χ4n) is 1.15. The molecule has 0 aliphatic rings. The van der Waals surface area contributed by atoms with E-state index < -0.39 is 5.97 Å². The molecule has 0 aliphatic heterocycles. The van der Waals surface area contributed by atoms with Crippen LogP contribution in [-0.4, -0.2) is 31.0 Å². The van der Waals surface area contributed by atoms with E-state index in [9.17, 15) is 4.79 Å². The van der Waals surface area contributed by atoms with Crippen molar-refractivity contribution < 1.29 is 14.6 Å². The Balaban J connectivity index is 2.85. The fraction of sp³-hybridized carbons (Fsp3) is 0.300. The van der Waals surface area contributed by atoms with Gasteiger partial charge in [0.15, 0.2) is 0 Å². The van der Waals surface area contributed by atoms with Gasteiger partial charge < -0.3 is 14.1 Å². The number of carboxylic acid groups (broad SMARTS) is 1. The van der Waals surface area contributed by atoms with Gasteiger partial charge in [-0.05, 0) is 12.1 Å². The van der Waals surface area contributed by atoms with Crippen molar-refractivity contribution in [1.29, 1.82) is 0 Å². The molecule has 0 heterocycles. The highest BCUT2D eigenvalue weighted by molar-refractivity contribution is 8.00. The first-order chi connectivity index (χ1) is 7.17. The smallest absolute Gasteiger partial charge is 0.324 e. The Morgan fingerprint density at radius 1 is 1.60 bits per heavy atom. The number of carbonyl (C=O) groups is 1. The number of hydrogen-bond donors (Lipinski definition) is 1. The summed E-state index contributed by atoms with van der Waals surface area (Å²) in [6.07, 6.45) is 1.84. The molecule has 1 N–H and O–H groups in total. The lowest BCUT2D eigenvalue weighted by molar-refractivity contribution is -0.135. The lowest BCUT2D eigenvalue weighted by Crippen LogP contribution is -2.22.